The van der Waals surface area contributed by atoms with Crippen molar-refractivity contribution >= 4 is 68.8 Å². The Morgan fingerprint density at radius 3 is 1.09 bits per heavy atom. The molecule has 2 aliphatic rings. The van der Waals surface area contributed by atoms with E-state index in [0.717, 1.165) is 0 Å². The summed E-state index contributed by atoms with van der Waals surface area (Å²) in [4.78, 5) is 114. The number of amides is 8. The molecule has 9 rings (SSSR count). The molecule has 0 spiro atoms. The van der Waals surface area contributed by atoms with E-state index in [9.17, 15) is 38.4 Å². The molecule has 0 unspecified atom stereocenters. The number of pyridine rings is 1. The lowest BCUT2D eigenvalue weighted by Gasteiger charge is -2.29. The van der Waals surface area contributed by atoms with Crippen molar-refractivity contribution in [1.82, 2.24) is 36.5 Å². The first-order chi connectivity index (χ1) is 31.0. The minimum absolute atomic E-state index is 0.0555. The first-order valence-electron chi connectivity index (χ1n) is 20.1. The molecule has 0 aliphatic carbocycles. The molecule has 6 aromatic carbocycles. The first kappa shape index (κ1) is 40.6. The highest BCUT2D eigenvalue weighted by molar-refractivity contribution is 6.27. The molecular weight excluding hydrogens is 815 g/mol. The van der Waals surface area contributed by atoms with Gasteiger partial charge in [0.15, 0.2) is 0 Å². The molecule has 0 saturated carbocycles. The number of nitrogens with one attached hydrogen (secondary N) is 4. The normalized spacial score (nSPS) is 13.9. The maximum Gasteiger partial charge on any atom is 0.280 e. The van der Waals surface area contributed by atoms with Crippen molar-refractivity contribution in [2.24, 2.45) is 0 Å². The Balaban J connectivity index is 0.934. The zero-order chi connectivity index (χ0) is 44.5. The number of aromatic nitrogens is 1. The van der Waals surface area contributed by atoms with Gasteiger partial charge in [-0.05, 0) is 58.3 Å². The molecule has 0 bridgehead atoms. The van der Waals surface area contributed by atoms with Crippen LogP contribution in [0.5, 0.6) is 0 Å². The second-order valence-electron chi connectivity index (χ2n) is 15.1. The van der Waals surface area contributed by atoms with Crippen molar-refractivity contribution in [3.63, 3.8) is 0 Å². The van der Waals surface area contributed by atoms with Crippen LogP contribution in [0, 0.1) is 0 Å². The maximum atomic E-state index is 14.0. The summed E-state index contributed by atoms with van der Waals surface area (Å²) in [5.41, 5.74) is 6.46. The molecule has 15 nitrogen and oxygen atoms in total. The molecule has 2 atom stereocenters. The van der Waals surface area contributed by atoms with Crippen LogP contribution in [0.1, 0.15) is 73.5 Å². The summed E-state index contributed by atoms with van der Waals surface area (Å²) in [5.74, 6) is -6.47. The van der Waals surface area contributed by atoms with E-state index >= 15 is 0 Å². The fourth-order valence-corrected chi connectivity index (χ4v) is 7.91. The second-order valence-corrected chi connectivity index (χ2v) is 15.1. The Kier molecular flexibility index (Phi) is 10.7. The quantitative estimate of drug-likeness (QED) is 0.125. The summed E-state index contributed by atoms with van der Waals surface area (Å²) in [6, 6.07) is 38.9. The molecular formula is C49H35N7O8. The molecule has 3 heterocycles. The molecule has 2 aliphatic heterocycles. The van der Waals surface area contributed by atoms with E-state index < -0.39 is 59.3 Å². The van der Waals surface area contributed by atoms with Crippen molar-refractivity contribution in [3.05, 3.63) is 196 Å². The summed E-state index contributed by atoms with van der Waals surface area (Å²) in [6.07, 6.45) is -0.111. The molecule has 64 heavy (non-hydrogen) atoms. The predicted molar refractivity (Wildman–Crippen MR) is 232 cm³/mol. The van der Waals surface area contributed by atoms with Gasteiger partial charge < -0.3 is 10.6 Å². The van der Waals surface area contributed by atoms with E-state index in [1.54, 1.807) is 133 Å². The van der Waals surface area contributed by atoms with Crippen molar-refractivity contribution < 1.29 is 38.4 Å². The Bertz CT molecular complexity index is 2800. The lowest BCUT2D eigenvalue weighted by atomic mass is 9.95. The number of carbonyl (C=O) groups excluding carboxylic acids is 8. The average Bonchev–Trinajstić information content (AvgIpc) is 3.32. The predicted octanol–water partition coefficient (Wildman–Crippen LogP) is 4.73. The molecule has 0 radical (unpaired) electrons. The Morgan fingerprint density at radius 1 is 0.422 bits per heavy atom. The largest absolute Gasteiger partial charge is 0.338 e. The van der Waals surface area contributed by atoms with Crippen LogP contribution in [0.15, 0.2) is 152 Å². The Labute approximate surface area is 364 Å². The third-order valence-electron chi connectivity index (χ3n) is 11.0. The highest BCUT2D eigenvalue weighted by Gasteiger charge is 2.38. The van der Waals surface area contributed by atoms with Crippen LogP contribution < -0.4 is 21.5 Å². The van der Waals surface area contributed by atoms with Gasteiger partial charge >= 0.3 is 0 Å². The number of nitrogens with zero attached hydrogens (tertiary/aromatic N) is 3. The van der Waals surface area contributed by atoms with Crippen LogP contribution in [0.2, 0.25) is 0 Å². The SMILES string of the molecule is O=C(N[C@@H](Cc1ccccc1)C(=O)NN1C(=O)c2cccc3cccc(c23)C1=O)c1cccc(C(=O)N[C@@H](Cc2ccccc2)C(=O)NN2C(=O)c3cccc4cccc(c34)C2=O)n1. The zero-order valence-corrected chi connectivity index (χ0v) is 33.6. The minimum Gasteiger partial charge on any atom is -0.338 e. The fourth-order valence-electron chi connectivity index (χ4n) is 7.91. The van der Waals surface area contributed by atoms with E-state index in [2.05, 4.69) is 26.5 Å². The van der Waals surface area contributed by atoms with Crippen molar-refractivity contribution in [2.45, 2.75) is 24.9 Å². The fraction of sp³-hybridized carbons (Fsp3) is 0.0816. The van der Waals surface area contributed by atoms with Gasteiger partial charge in [0.05, 0.1) is 22.3 Å². The summed E-state index contributed by atoms with van der Waals surface area (Å²) in [6.45, 7) is 0. The monoisotopic (exact) mass is 849 g/mol. The smallest absolute Gasteiger partial charge is 0.280 e. The van der Waals surface area contributed by atoms with Crippen LogP contribution in [0.25, 0.3) is 21.5 Å². The molecule has 15 heteroatoms. The van der Waals surface area contributed by atoms with Gasteiger partial charge in [-0.3, -0.25) is 49.2 Å². The van der Waals surface area contributed by atoms with E-state index in [0.29, 0.717) is 42.7 Å². The Morgan fingerprint density at radius 2 is 0.750 bits per heavy atom. The molecule has 4 N–H and O–H groups in total. The van der Waals surface area contributed by atoms with Crippen LogP contribution in [0.3, 0.4) is 0 Å². The number of rotatable bonds is 12. The number of imide groups is 2. The lowest BCUT2D eigenvalue weighted by molar-refractivity contribution is -0.126. The highest BCUT2D eigenvalue weighted by Crippen LogP contribution is 2.31. The molecule has 8 amide bonds. The molecule has 0 saturated heterocycles. The van der Waals surface area contributed by atoms with E-state index in [1.165, 1.54) is 18.2 Å². The van der Waals surface area contributed by atoms with Gasteiger partial charge in [0.25, 0.3) is 47.3 Å². The summed E-state index contributed by atoms with van der Waals surface area (Å²) >= 11 is 0. The van der Waals surface area contributed by atoms with E-state index in [-0.39, 0.29) is 46.5 Å². The topological polar surface area (TPSA) is 204 Å². The molecule has 0 fully saturated rings. The third kappa shape index (κ3) is 7.68. The van der Waals surface area contributed by atoms with Crippen molar-refractivity contribution in [2.75, 3.05) is 0 Å². The van der Waals surface area contributed by atoms with Crippen LogP contribution in [-0.4, -0.2) is 74.3 Å². The van der Waals surface area contributed by atoms with Crippen LogP contribution in [0.4, 0.5) is 0 Å². The highest BCUT2D eigenvalue weighted by atomic mass is 16.2. The average molecular weight is 850 g/mol. The van der Waals surface area contributed by atoms with Crippen LogP contribution in [-0.2, 0) is 22.4 Å². The van der Waals surface area contributed by atoms with Crippen LogP contribution >= 0.6 is 0 Å². The van der Waals surface area contributed by atoms with Gasteiger partial charge in [0, 0.05) is 23.6 Å². The number of hydrogen-bond donors (Lipinski definition) is 4. The summed E-state index contributed by atoms with van der Waals surface area (Å²) in [5, 5.41) is 8.85. The van der Waals surface area contributed by atoms with Gasteiger partial charge in [0.1, 0.15) is 23.5 Å². The maximum absolute atomic E-state index is 14.0. The zero-order valence-electron chi connectivity index (χ0n) is 33.6. The van der Waals surface area contributed by atoms with Gasteiger partial charge in [-0.2, -0.15) is 10.0 Å². The van der Waals surface area contributed by atoms with Gasteiger partial charge in [-0.15, -0.1) is 0 Å². The standard InChI is InChI=1S/C49H35N7O8/c57-42(51-38(26-28-12-3-1-4-13-28)44(59)53-55-46(61)32-20-7-16-30-17-8-21-33(40(30)32)47(55)62)36-24-11-25-37(50-36)43(58)52-39(27-29-14-5-2-6-15-29)45(60)54-56-48(63)34-22-9-18-31-19-10-23-35(41(31)34)49(56)64/h1-25,38-39H,26-27H2,(H,51,57)(H,52,58)(H,53,59)(H,54,60)/t38-,39-/m0/s1. The van der Waals surface area contributed by atoms with Gasteiger partial charge in [-0.25, -0.2) is 4.98 Å². The third-order valence-corrected chi connectivity index (χ3v) is 11.0. The van der Waals surface area contributed by atoms with Gasteiger partial charge in [-0.1, -0.05) is 115 Å². The number of hydrogen-bond acceptors (Lipinski definition) is 9. The number of hydrazine groups is 2. The van der Waals surface area contributed by atoms with E-state index in [1.807, 2.05) is 0 Å². The Hall–Kier alpha value is -8.85. The van der Waals surface area contributed by atoms with E-state index in [4.69, 9.17) is 0 Å². The molecule has 7 aromatic rings. The number of benzene rings is 6. The van der Waals surface area contributed by atoms with Crippen molar-refractivity contribution in [3.8, 4) is 0 Å². The minimum atomic E-state index is -1.35. The number of carbonyl (C=O) groups is 8. The second kappa shape index (κ2) is 16.9. The lowest BCUT2D eigenvalue weighted by Crippen LogP contribution is -2.57. The van der Waals surface area contributed by atoms with Crippen molar-refractivity contribution in [1.29, 1.82) is 0 Å². The molecule has 1 aromatic heterocycles. The molecule has 314 valence electrons. The summed E-state index contributed by atoms with van der Waals surface area (Å²) < 4.78 is 0. The van der Waals surface area contributed by atoms with Gasteiger partial charge in [0.2, 0.25) is 0 Å². The summed E-state index contributed by atoms with van der Waals surface area (Å²) in [7, 11) is 0. The first-order valence-corrected chi connectivity index (χ1v) is 20.1.